The Morgan fingerprint density at radius 3 is 1.30 bits per heavy atom. The molecule has 0 saturated heterocycles. The first-order chi connectivity index (χ1) is 4.41. The summed E-state index contributed by atoms with van der Waals surface area (Å²) in [5.41, 5.74) is 0. The molecule has 0 rings (SSSR count). The largest absolute Gasteiger partial charge is 2.00 e. The van der Waals surface area contributed by atoms with Gasteiger partial charge < -0.3 is 13.1 Å². The van der Waals surface area contributed by atoms with Crippen LogP contribution in [-0.4, -0.2) is 68.9 Å². The Kier molecular flexibility index (Phi) is 18.2. The van der Waals surface area contributed by atoms with Gasteiger partial charge in [-0.05, 0) is 12.8 Å². The zero-order valence-electron chi connectivity index (χ0n) is 8.55. The number of hydrogen-bond acceptors (Lipinski definition) is 2. The summed E-state index contributed by atoms with van der Waals surface area (Å²) in [5.74, 6) is 0. The molecule has 60 valence electrons. The van der Waals surface area contributed by atoms with Gasteiger partial charge in [0.15, 0.2) is 0 Å². The summed E-state index contributed by atoms with van der Waals surface area (Å²) in [4.78, 5) is 0. The van der Waals surface area contributed by atoms with Gasteiger partial charge in [-0.2, -0.15) is 0 Å². The average molecular weight is 222 g/mol. The summed E-state index contributed by atoms with van der Waals surface area (Å²) >= 11 is 0. The zero-order valence-corrected chi connectivity index (χ0v) is 10.0. The Morgan fingerprint density at radius 1 is 0.700 bits per heavy atom. The Bertz CT molecular complexity index is 52.7. The summed E-state index contributed by atoms with van der Waals surface area (Å²) in [7, 11) is 0. The Balaban J connectivity index is -0.000000107. The van der Waals surface area contributed by atoms with Crippen molar-refractivity contribution in [2.45, 2.75) is 32.1 Å². The minimum absolute atomic E-state index is 0. The van der Waals surface area contributed by atoms with Crippen molar-refractivity contribution < 1.29 is 13.1 Å². The van der Waals surface area contributed by atoms with Crippen LogP contribution in [0.3, 0.4) is 0 Å². The Morgan fingerprint density at radius 2 is 1.00 bits per heavy atom. The van der Waals surface area contributed by atoms with Crippen LogP contribution in [0.4, 0.5) is 0 Å². The van der Waals surface area contributed by atoms with Gasteiger partial charge in [-0.3, -0.25) is 0 Å². The third-order valence-corrected chi connectivity index (χ3v) is 1.32. The summed E-state index contributed by atoms with van der Waals surface area (Å²) in [6.45, 7) is 0.609. The molecule has 0 atom stereocenters. The van der Waals surface area contributed by atoms with Crippen molar-refractivity contribution in [1.29, 1.82) is 0 Å². The molecule has 3 heteroatoms. The van der Waals surface area contributed by atoms with Crippen molar-refractivity contribution in [3.8, 4) is 0 Å². The SMILES string of the molecule is OCCCCCCCO.[H-].[H-].[Sr+2]. The van der Waals surface area contributed by atoms with Crippen LogP contribution >= 0.6 is 0 Å². The molecule has 0 aliphatic heterocycles. The van der Waals surface area contributed by atoms with Crippen LogP contribution < -0.4 is 0 Å². The van der Waals surface area contributed by atoms with E-state index >= 15 is 0 Å². The zero-order chi connectivity index (χ0) is 6.95. The second-order valence-corrected chi connectivity index (χ2v) is 2.21. The van der Waals surface area contributed by atoms with Gasteiger partial charge in [0, 0.05) is 13.2 Å². The molecule has 0 aromatic carbocycles. The predicted octanol–water partition coefficient (Wildman–Crippen LogP) is 0.766. The Labute approximate surface area is 103 Å². The van der Waals surface area contributed by atoms with Gasteiger partial charge in [0.2, 0.25) is 0 Å². The molecule has 2 nitrogen and oxygen atoms in total. The van der Waals surface area contributed by atoms with E-state index in [2.05, 4.69) is 0 Å². The van der Waals surface area contributed by atoms with Crippen molar-refractivity contribution in [2.24, 2.45) is 0 Å². The molecule has 0 heterocycles. The summed E-state index contributed by atoms with van der Waals surface area (Å²) in [6, 6.07) is 0. The fourth-order valence-corrected chi connectivity index (χ4v) is 0.754. The fourth-order valence-electron chi connectivity index (χ4n) is 0.754. The fraction of sp³-hybridized carbons (Fsp3) is 1.00. The van der Waals surface area contributed by atoms with E-state index < -0.39 is 0 Å². The van der Waals surface area contributed by atoms with Crippen molar-refractivity contribution in [2.75, 3.05) is 13.2 Å². The molecule has 0 spiro atoms. The van der Waals surface area contributed by atoms with Gasteiger partial charge in [0.05, 0.1) is 0 Å². The second-order valence-electron chi connectivity index (χ2n) is 2.21. The summed E-state index contributed by atoms with van der Waals surface area (Å²) in [6.07, 6.45) is 5.14. The first-order valence-corrected chi connectivity index (χ1v) is 3.63. The minimum atomic E-state index is 0. The number of rotatable bonds is 6. The normalized spacial score (nSPS) is 9.00. The van der Waals surface area contributed by atoms with E-state index in [1.165, 1.54) is 0 Å². The maximum Gasteiger partial charge on any atom is 2.00 e. The first-order valence-electron chi connectivity index (χ1n) is 3.63. The molecule has 2 N–H and O–H groups in total. The van der Waals surface area contributed by atoms with Gasteiger partial charge in [0.1, 0.15) is 0 Å². The molecular weight excluding hydrogens is 204 g/mol. The van der Waals surface area contributed by atoms with E-state index in [9.17, 15) is 0 Å². The van der Waals surface area contributed by atoms with Crippen LogP contribution in [0.5, 0.6) is 0 Å². The van der Waals surface area contributed by atoms with Gasteiger partial charge in [-0.15, -0.1) is 0 Å². The quantitative estimate of drug-likeness (QED) is 0.514. The number of aliphatic hydroxyl groups excluding tert-OH is 2. The van der Waals surface area contributed by atoms with Crippen molar-refractivity contribution in [3.63, 3.8) is 0 Å². The van der Waals surface area contributed by atoms with Crippen molar-refractivity contribution in [3.05, 3.63) is 0 Å². The van der Waals surface area contributed by atoms with Crippen LogP contribution in [0, 0.1) is 0 Å². The molecule has 0 saturated carbocycles. The second kappa shape index (κ2) is 13.0. The van der Waals surface area contributed by atoms with E-state index in [0.29, 0.717) is 13.2 Å². The van der Waals surface area contributed by atoms with Crippen LogP contribution in [0.2, 0.25) is 0 Å². The molecule has 0 bridgehead atoms. The molecule has 0 amide bonds. The van der Waals surface area contributed by atoms with Crippen LogP contribution in [0.1, 0.15) is 35.0 Å². The molecule has 0 fully saturated rings. The molecule has 0 radical (unpaired) electrons. The van der Waals surface area contributed by atoms with E-state index in [-0.39, 0.29) is 48.3 Å². The smallest absolute Gasteiger partial charge is 1.00 e. The number of aliphatic hydroxyl groups is 2. The van der Waals surface area contributed by atoms with Crippen LogP contribution in [-0.2, 0) is 0 Å². The molecule has 0 aliphatic rings. The minimum Gasteiger partial charge on any atom is -1.00 e. The van der Waals surface area contributed by atoms with E-state index in [0.717, 1.165) is 32.1 Å². The van der Waals surface area contributed by atoms with Gasteiger partial charge in [-0.25, -0.2) is 0 Å². The molecule has 0 aromatic rings. The summed E-state index contributed by atoms with van der Waals surface area (Å²) in [5, 5.41) is 16.7. The maximum atomic E-state index is 8.37. The number of unbranched alkanes of at least 4 members (excludes halogenated alkanes) is 4. The topological polar surface area (TPSA) is 40.5 Å². The third-order valence-electron chi connectivity index (χ3n) is 1.32. The van der Waals surface area contributed by atoms with Crippen molar-refractivity contribution in [1.82, 2.24) is 0 Å². The molecule has 0 aromatic heterocycles. The van der Waals surface area contributed by atoms with E-state index in [4.69, 9.17) is 10.2 Å². The molecule has 10 heavy (non-hydrogen) atoms. The van der Waals surface area contributed by atoms with Crippen LogP contribution in [0.25, 0.3) is 0 Å². The Hall–Kier alpha value is 1.40. The number of hydrogen-bond donors (Lipinski definition) is 2. The molecule has 0 aliphatic carbocycles. The van der Waals surface area contributed by atoms with Crippen molar-refractivity contribution >= 4 is 45.5 Å². The van der Waals surface area contributed by atoms with Gasteiger partial charge in [0.25, 0.3) is 0 Å². The van der Waals surface area contributed by atoms with E-state index in [1.54, 1.807) is 0 Å². The predicted molar refractivity (Wildman–Crippen MR) is 45.2 cm³/mol. The average Bonchev–Trinajstić information content (AvgIpc) is 1.89. The third kappa shape index (κ3) is 12.1. The molecule has 0 unspecified atom stereocenters. The monoisotopic (exact) mass is 222 g/mol. The summed E-state index contributed by atoms with van der Waals surface area (Å²) < 4.78 is 0. The van der Waals surface area contributed by atoms with Crippen LogP contribution in [0.15, 0.2) is 0 Å². The molecular formula is C7H18O2Sr. The first kappa shape index (κ1) is 14.0. The maximum absolute atomic E-state index is 8.37. The van der Waals surface area contributed by atoms with Gasteiger partial charge in [-0.1, -0.05) is 19.3 Å². The van der Waals surface area contributed by atoms with E-state index in [1.807, 2.05) is 0 Å². The van der Waals surface area contributed by atoms with Gasteiger partial charge >= 0.3 is 45.5 Å². The standard InChI is InChI=1S/C7H16O2.Sr.2H/c8-6-4-2-1-3-5-7-9;;;/h8-9H,1-7H2;;;/q;+2;2*-1.